The summed E-state index contributed by atoms with van der Waals surface area (Å²) in [5, 5.41) is 3.19. The van der Waals surface area contributed by atoms with Gasteiger partial charge in [0, 0.05) is 6.04 Å². The van der Waals surface area contributed by atoms with Crippen molar-refractivity contribution in [3.63, 3.8) is 0 Å². The van der Waals surface area contributed by atoms with Crippen LogP contribution in [-0.4, -0.2) is 25.2 Å². The summed E-state index contributed by atoms with van der Waals surface area (Å²) in [6.45, 7) is 5.99. The maximum Gasteiger partial charge on any atom is 0.322 e. The summed E-state index contributed by atoms with van der Waals surface area (Å²) in [6, 6.07) is 0.00973. The van der Waals surface area contributed by atoms with Crippen molar-refractivity contribution in [2.75, 3.05) is 7.11 Å². The Morgan fingerprint density at radius 2 is 2.14 bits per heavy atom. The standard InChI is InChI=1S/C11H21NO2/c1-5-7-8-10(6-2)12-9(3)11(13)14-4/h7-10,12H,5-6H2,1-4H3/b8-7+/t9-,10?/m0/s1. The number of ether oxygens (including phenoxy) is 1. The highest BCUT2D eigenvalue weighted by Gasteiger charge is 2.14. The van der Waals surface area contributed by atoms with Crippen LogP contribution in [0, 0.1) is 0 Å². The van der Waals surface area contributed by atoms with Crippen molar-refractivity contribution in [1.29, 1.82) is 0 Å². The number of rotatable bonds is 6. The van der Waals surface area contributed by atoms with Crippen LogP contribution >= 0.6 is 0 Å². The van der Waals surface area contributed by atoms with Crippen molar-refractivity contribution in [3.05, 3.63) is 12.2 Å². The molecule has 0 aromatic carbocycles. The van der Waals surface area contributed by atoms with Gasteiger partial charge in [0.05, 0.1) is 7.11 Å². The average Bonchev–Trinajstić information content (AvgIpc) is 2.22. The summed E-state index contributed by atoms with van der Waals surface area (Å²) in [7, 11) is 1.41. The van der Waals surface area contributed by atoms with E-state index < -0.39 is 0 Å². The molecule has 0 aliphatic heterocycles. The van der Waals surface area contributed by atoms with Crippen molar-refractivity contribution < 1.29 is 9.53 Å². The summed E-state index contributed by atoms with van der Waals surface area (Å²) in [6.07, 6.45) is 6.19. The van der Waals surface area contributed by atoms with E-state index in [1.807, 2.05) is 6.92 Å². The van der Waals surface area contributed by atoms with Crippen LogP contribution < -0.4 is 5.32 Å². The van der Waals surface area contributed by atoms with E-state index in [-0.39, 0.29) is 18.1 Å². The first kappa shape index (κ1) is 13.2. The molecule has 0 aliphatic rings. The van der Waals surface area contributed by atoms with Gasteiger partial charge >= 0.3 is 5.97 Å². The van der Waals surface area contributed by atoms with E-state index in [0.717, 1.165) is 12.8 Å². The molecule has 0 aliphatic carbocycles. The molecule has 1 N–H and O–H groups in total. The molecule has 3 nitrogen and oxygen atoms in total. The first-order valence-corrected chi connectivity index (χ1v) is 5.16. The molecule has 0 saturated heterocycles. The predicted molar refractivity (Wildman–Crippen MR) is 58.1 cm³/mol. The van der Waals surface area contributed by atoms with Crippen molar-refractivity contribution in [3.8, 4) is 0 Å². The summed E-state index contributed by atoms with van der Waals surface area (Å²) >= 11 is 0. The fourth-order valence-corrected chi connectivity index (χ4v) is 1.18. The summed E-state index contributed by atoms with van der Waals surface area (Å²) in [4.78, 5) is 11.1. The van der Waals surface area contributed by atoms with Crippen LogP contribution in [0.2, 0.25) is 0 Å². The molecule has 2 atom stereocenters. The van der Waals surface area contributed by atoms with Gasteiger partial charge in [-0.3, -0.25) is 10.1 Å². The Balaban J connectivity index is 4.04. The van der Waals surface area contributed by atoms with Crippen molar-refractivity contribution >= 4 is 5.97 Å². The molecule has 82 valence electrons. The molecular formula is C11H21NO2. The van der Waals surface area contributed by atoms with Gasteiger partial charge < -0.3 is 4.74 Å². The minimum atomic E-state index is -0.244. The molecule has 0 aromatic rings. The molecule has 1 unspecified atom stereocenters. The van der Waals surface area contributed by atoms with Gasteiger partial charge in [-0.05, 0) is 19.8 Å². The highest BCUT2D eigenvalue weighted by atomic mass is 16.5. The molecule has 0 rings (SSSR count). The number of allylic oxidation sites excluding steroid dienone is 1. The average molecular weight is 199 g/mol. The maximum atomic E-state index is 11.1. The van der Waals surface area contributed by atoms with E-state index in [4.69, 9.17) is 0 Å². The molecule has 0 heterocycles. The third kappa shape index (κ3) is 5.02. The Labute approximate surface area is 86.5 Å². The predicted octanol–water partition coefficient (Wildman–Crippen LogP) is 1.88. The molecule has 0 fully saturated rings. The van der Waals surface area contributed by atoms with Gasteiger partial charge in [0.2, 0.25) is 0 Å². The summed E-state index contributed by atoms with van der Waals surface area (Å²) in [5.41, 5.74) is 0. The van der Waals surface area contributed by atoms with Crippen LogP contribution in [-0.2, 0) is 9.53 Å². The van der Waals surface area contributed by atoms with Crippen molar-refractivity contribution in [2.45, 2.75) is 45.7 Å². The van der Waals surface area contributed by atoms with Crippen LogP contribution in [0.25, 0.3) is 0 Å². The lowest BCUT2D eigenvalue weighted by molar-refractivity contribution is -0.142. The van der Waals surface area contributed by atoms with Gasteiger partial charge in [-0.1, -0.05) is 26.0 Å². The van der Waals surface area contributed by atoms with Crippen LogP contribution in [0.4, 0.5) is 0 Å². The molecule has 0 aromatic heterocycles. The fourth-order valence-electron chi connectivity index (χ4n) is 1.18. The molecule has 0 bridgehead atoms. The van der Waals surface area contributed by atoms with E-state index >= 15 is 0 Å². The van der Waals surface area contributed by atoms with Gasteiger partial charge in [-0.25, -0.2) is 0 Å². The van der Waals surface area contributed by atoms with E-state index in [0.29, 0.717) is 0 Å². The molecular weight excluding hydrogens is 178 g/mol. The minimum absolute atomic E-state index is 0.214. The summed E-state index contributed by atoms with van der Waals surface area (Å²) < 4.78 is 4.64. The highest BCUT2D eigenvalue weighted by Crippen LogP contribution is 1.98. The van der Waals surface area contributed by atoms with E-state index in [2.05, 4.69) is 36.1 Å². The highest BCUT2D eigenvalue weighted by molar-refractivity contribution is 5.75. The second kappa shape index (κ2) is 7.56. The number of carbonyl (C=O) groups excluding carboxylic acids is 1. The Morgan fingerprint density at radius 1 is 1.50 bits per heavy atom. The lowest BCUT2D eigenvalue weighted by Crippen LogP contribution is -2.40. The van der Waals surface area contributed by atoms with E-state index in [9.17, 15) is 4.79 Å². The number of methoxy groups -OCH3 is 1. The number of hydrogen-bond donors (Lipinski definition) is 1. The fraction of sp³-hybridized carbons (Fsp3) is 0.727. The molecule has 0 radical (unpaired) electrons. The Kier molecular flexibility index (Phi) is 7.11. The largest absolute Gasteiger partial charge is 0.468 e. The van der Waals surface area contributed by atoms with E-state index in [1.54, 1.807) is 0 Å². The normalized spacial score (nSPS) is 15.4. The molecule has 0 amide bonds. The second-order valence-electron chi connectivity index (χ2n) is 3.26. The van der Waals surface area contributed by atoms with Gasteiger partial charge in [-0.15, -0.1) is 0 Å². The Bertz CT molecular complexity index is 190. The summed E-state index contributed by atoms with van der Waals surface area (Å²) in [5.74, 6) is -0.214. The number of esters is 1. The lowest BCUT2D eigenvalue weighted by atomic mass is 10.1. The van der Waals surface area contributed by atoms with Crippen LogP contribution in [0.3, 0.4) is 0 Å². The van der Waals surface area contributed by atoms with Gasteiger partial charge in [0.1, 0.15) is 6.04 Å². The quantitative estimate of drug-likeness (QED) is 0.524. The third-order valence-electron chi connectivity index (χ3n) is 2.06. The molecule has 14 heavy (non-hydrogen) atoms. The zero-order valence-corrected chi connectivity index (χ0v) is 9.54. The molecule has 3 heteroatoms. The smallest absolute Gasteiger partial charge is 0.322 e. The van der Waals surface area contributed by atoms with Gasteiger partial charge in [-0.2, -0.15) is 0 Å². The number of nitrogens with one attached hydrogen (secondary N) is 1. The first-order chi connectivity index (χ1) is 6.65. The minimum Gasteiger partial charge on any atom is -0.468 e. The topological polar surface area (TPSA) is 38.3 Å². The van der Waals surface area contributed by atoms with Crippen LogP contribution in [0.1, 0.15) is 33.6 Å². The van der Waals surface area contributed by atoms with Gasteiger partial charge in [0.15, 0.2) is 0 Å². The monoisotopic (exact) mass is 199 g/mol. The number of carbonyl (C=O) groups is 1. The Morgan fingerprint density at radius 3 is 2.57 bits per heavy atom. The zero-order chi connectivity index (χ0) is 11.0. The Hall–Kier alpha value is -0.830. The SMILES string of the molecule is CC/C=C/C(CC)N[C@@H](C)C(=O)OC. The molecule has 0 spiro atoms. The second-order valence-corrected chi connectivity index (χ2v) is 3.26. The maximum absolute atomic E-state index is 11.1. The third-order valence-corrected chi connectivity index (χ3v) is 2.06. The van der Waals surface area contributed by atoms with Gasteiger partial charge in [0.25, 0.3) is 0 Å². The van der Waals surface area contributed by atoms with Crippen molar-refractivity contribution in [2.24, 2.45) is 0 Å². The number of hydrogen-bond acceptors (Lipinski definition) is 3. The zero-order valence-electron chi connectivity index (χ0n) is 9.54. The lowest BCUT2D eigenvalue weighted by Gasteiger charge is -2.17. The van der Waals surface area contributed by atoms with Crippen LogP contribution in [0.5, 0.6) is 0 Å². The first-order valence-electron chi connectivity index (χ1n) is 5.16. The van der Waals surface area contributed by atoms with Crippen molar-refractivity contribution in [1.82, 2.24) is 5.32 Å². The van der Waals surface area contributed by atoms with E-state index in [1.165, 1.54) is 7.11 Å². The molecule has 0 saturated carbocycles. The van der Waals surface area contributed by atoms with Crippen LogP contribution in [0.15, 0.2) is 12.2 Å².